The predicted octanol–water partition coefficient (Wildman–Crippen LogP) is 4.70. The summed E-state index contributed by atoms with van der Waals surface area (Å²) in [5, 5.41) is 34.7. The van der Waals surface area contributed by atoms with Crippen LogP contribution in [0.3, 0.4) is 0 Å². The van der Waals surface area contributed by atoms with Crippen LogP contribution in [0.1, 0.15) is 42.9 Å². The second-order valence-corrected chi connectivity index (χ2v) is 9.11. The Morgan fingerprint density at radius 3 is 2.50 bits per heavy atom. The number of pyridine rings is 1. The number of carboxylic acids is 1. The largest absolute Gasteiger partial charge is 0.481 e. The van der Waals surface area contributed by atoms with Gasteiger partial charge in [-0.2, -0.15) is 5.10 Å². The van der Waals surface area contributed by atoms with Crippen LogP contribution in [0.15, 0.2) is 66.9 Å². The van der Waals surface area contributed by atoms with Gasteiger partial charge in [0.2, 0.25) is 0 Å². The highest BCUT2D eigenvalue weighted by atomic mass is 19.1. The molecule has 1 aliphatic carbocycles. The van der Waals surface area contributed by atoms with Crippen LogP contribution in [0.2, 0.25) is 0 Å². The van der Waals surface area contributed by atoms with Crippen molar-refractivity contribution < 1.29 is 24.5 Å². The van der Waals surface area contributed by atoms with E-state index >= 15 is 0 Å². The molecule has 0 bridgehead atoms. The number of benzene rings is 2. The Labute approximate surface area is 207 Å². The molecule has 3 N–H and O–H groups in total. The van der Waals surface area contributed by atoms with Gasteiger partial charge in [0.25, 0.3) is 0 Å². The zero-order valence-electron chi connectivity index (χ0n) is 19.5. The second kappa shape index (κ2) is 10.0. The maximum Gasteiger partial charge on any atom is 0.305 e. The summed E-state index contributed by atoms with van der Waals surface area (Å²) < 4.78 is 15.6. The third-order valence-corrected chi connectivity index (χ3v) is 6.29. The number of aromatic nitrogens is 3. The first kappa shape index (κ1) is 23.8. The predicted molar refractivity (Wildman–Crippen MR) is 134 cm³/mol. The number of carbonyl (C=O) groups is 1. The lowest BCUT2D eigenvalue weighted by molar-refractivity contribution is -0.139. The summed E-state index contributed by atoms with van der Waals surface area (Å²) in [6.45, 7) is 0. The molecule has 2 aromatic heterocycles. The van der Waals surface area contributed by atoms with Crippen LogP contribution in [0.5, 0.6) is 0 Å². The van der Waals surface area contributed by atoms with E-state index in [2.05, 4.69) is 5.10 Å². The highest BCUT2D eigenvalue weighted by molar-refractivity contribution is 5.98. The van der Waals surface area contributed by atoms with Crippen LogP contribution in [-0.4, -0.2) is 48.3 Å². The van der Waals surface area contributed by atoms with Gasteiger partial charge in [0.1, 0.15) is 5.82 Å². The van der Waals surface area contributed by atoms with E-state index in [1.165, 1.54) is 12.1 Å². The number of aliphatic hydroxyl groups is 2. The highest BCUT2D eigenvalue weighted by Crippen LogP contribution is 2.45. The molecule has 7 nitrogen and oxygen atoms in total. The van der Waals surface area contributed by atoms with E-state index in [1.807, 2.05) is 30.3 Å². The number of aliphatic carboxylic acids is 1. The summed E-state index contributed by atoms with van der Waals surface area (Å²) in [7, 11) is 0. The summed E-state index contributed by atoms with van der Waals surface area (Å²) >= 11 is 0. The van der Waals surface area contributed by atoms with Crippen LogP contribution in [0.4, 0.5) is 4.39 Å². The number of nitrogens with zero attached hydrogens (tertiary/aromatic N) is 3. The Bertz CT molecular complexity index is 1410. The monoisotopic (exact) mass is 487 g/mol. The summed E-state index contributed by atoms with van der Waals surface area (Å²) in [6, 6.07) is 15.9. The van der Waals surface area contributed by atoms with Crippen LogP contribution in [0.25, 0.3) is 33.9 Å². The Hall–Kier alpha value is -3.88. The molecule has 0 saturated heterocycles. The van der Waals surface area contributed by atoms with Crippen LogP contribution in [-0.2, 0) is 4.79 Å². The maximum absolute atomic E-state index is 13.8. The van der Waals surface area contributed by atoms with E-state index in [0.29, 0.717) is 5.65 Å². The van der Waals surface area contributed by atoms with Gasteiger partial charge in [-0.1, -0.05) is 42.5 Å². The fourth-order valence-electron chi connectivity index (χ4n) is 4.45. The Kier molecular flexibility index (Phi) is 6.63. The number of carboxylic acid groups (broad SMARTS) is 1. The van der Waals surface area contributed by atoms with Crippen molar-refractivity contribution in [3.63, 3.8) is 0 Å². The van der Waals surface area contributed by atoms with Gasteiger partial charge in [-0.15, -0.1) is 0 Å². The number of hydrogen-bond acceptors (Lipinski definition) is 5. The molecular weight excluding hydrogens is 461 g/mol. The van der Waals surface area contributed by atoms with Crippen molar-refractivity contribution in [3.05, 3.63) is 83.9 Å². The number of hydrogen-bond donors (Lipinski definition) is 3. The molecule has 1 unspecified atom stereocenters. The molecule has 4 aromatic rings. The molecule has 1 fully saturated rings. The van der Waals surface area contributed by atoms with Crippen LogP contribution in [0, 0.1) is 5.82 Å². The SMILES string of the molecule is O=C(O)C[C@H](O)CC(O)/C=C/c1c(C2CC2)nc2c(cnn2-c2ccccc2)c1-c1ccc(F)cc1. The molecule has 0 radical (unpaired) electrons. The number of para-hydroxylation sites is 1. The Morgan fingerprint density at radius 2 is 1.83 bits per heavy atom. The van der Waals surface area contributed by atoms with Crippen molar-refractivity contribution in [1.82, 2.24) is 14.8 Å². The van der Waals surface area contributed by atoms with E-state index in [1.54, 1.807) is 35.2 Å². The lowest BCUT2D eigenvalue weighted by atomic mass is 9.93. The summed E-state index contributed by atoms with van der Waals surface area (Å²) in [5.41, 5.74) is 4.86. The summed E-state index contributed by atoms with van der Waals surface area (Å²) in [6.07, 6.45) is 4.30. The van der Waals surface area contributed by atoms with E-state index in [4.69, 9.17) is 10.1 Å². The molecule has 2 aromatic carbocycles. The number of rotatable bonds is 9. The lowest BCUT2D eigenvalue weighted by Gasteiger charge is -2.15. The standard InChI is InChI=1S/C28H26FN3O4/c29-19-10-8-17(9-11-19)26-23(13-12-21(33)14-22(34)15-25(35)36)27(18-6-7-18)31-28-24(26)16-30-32(28)20-4-2-1-3-5-20/h1-5,8-13,16,18,21-22,33-34H,6-7,14-15H2,(H,35,36)/b13-12+/t21?,22-/m1/s1. The zero-order chi connectivity index (χ0) is 25.2. The first-order chi connectivity index (χ1) is 17.4. The number of aliphatic hydroxyl groups excluding tert-OH is 2. The van der Waals surface area contributed by atoms with Gasteiger partial charge in [-0.25, -0.2) is 14.1 Å². The normalized spacial score (nSPS) is 15.4. The minimum atomic E-state index is -1.16. The third-order valence-electron chi connectivity index (χ3n) is 6.29. The zero-order valence-corrected chi connectivity index (χ0v) is 19.5. The molecule has 1 aliphatic rings. The fourth-order valence-corrected chi connectivity index (χ4v) is 4.45. The lowest BCUT2D eigenvalue weighted by Crippen LogP contribution is -2.19. The Morgan fingerprint density at radius 1 is 1.11 bits per heavy atom. The Balaban J connectivity index is 1.65. The van der Waals surface area contributed by atoms with Gasteiger partial charge in [-0.05, 0) is 42.7 Å². The van der Waals surface area contributed by atoms with E-state index < -0.39 is 24.6 Å². The molecular formula is C28H26FN3O4. The fraction of sp³-hybridized carbons (Fsp3) is 0.250. The van der Waals surface area contributed by atoms with E-state index in [0.717, 1.165) is 46.3 Å². The quantitative estimate of drug-likeness (QED) is 0.316. The van der Waals surface area contributed by atoms with Crippen molar-refractivity contribution in [2.24, 2.45) is 0 Å². The molecule has 0 amide bonds. The van der Waals surface area contributed by atoms with E-state index in [-0.39, 0.29) is 18.2 Å². The molecule has 36 heavy (non-hydrogen) atoms. The summed E-state index contributed by atoms with van der Waals surface area (Å²) in [4.78, 5) is 15.9. The topological polar surface area (TPSA) is 108 Å². The van der Waals surface area contributed by atoms with Gasteiger partial charge < -0.3 is 15.3 Å². The minimum Gasteiger partial charge on any atom is -0.481 e. The van der Waals surface area contributed by atoms with Crippen molar-refractivity contribution in [2.75, 3.05) is 0 Å². The van der Waals surface area contributed by atoms with Gasteiger partial charge in [-0.3, -0.25) is 4.79 Å². The average Bonchev–Trinajstić information content (AvgIpc) is 3.61. The molecule has 2 heterocycles. The first-order valence-electron chi connectivity index (χ1n) is 11.9. The van der Waals surface area contributed by atoms with Crippen molar-refractivity contribution in [1.29, 1.82) is 0 Å². The molecule has 2 atom stereocenters. The van der Waals surface area contributed by atoms with Crippen LogP contribution < -0.4 is 0 Å². The van der Waals surface area contributed by atoms with Crippen molar-refractivity contribution >= 4 is 23.1 Å². The van der Waals surface area contributed by atoms with Gasteiger partial charge in [0.05, 0.1) is 36.2 Å². The molecule has 1 saturated carbocycles. The minimum absolute atomic E-state index is 0.102. The van der Waals surface area contributed by atoms with Gasteiger partial charge in [0.15, 0.2) is 5.65 Å². The first-order valence-corrected chi connectivity index (χ1v) is 11.9. The van der Waals surface area contributed by atoms with Gasteiger partial charge in [0, 0.05) is 28.9 Å². The molecule has 5 rings (SSSR count). The smallest absolute Gasteiger partial charge is 0.305 e. The summed E-state index contributed by atoms with van der Waals surface area (Å²) in [5.74, 6) is -1.22. The van der Waals surface area contributed by atoms with Crippen molar-refractivity contribution in [3.8, 4) is 16.8 Å². The van der Waals surface area contributed by atoms with Gasteiger partial charge >= 0.3 is 5.97 Å². The van der Waals surface area contributed by atoms with E-state index in [9.17, 15) is 19.4 Å². The molecule has 184 valence electrons. The molecule has 8 heteroatoms. The maximum atomic E-state index is 13.8. The van der Waals surface area contributed by atoms with Crippen molar-refractivity contribution in [2.45, 2.75) is 43.8 Å². The highest BCUT2D eigenvalue weighted by Gasteiger charge is 2.30. The molecule has 0 spiro atoms. The van der Waals surface area contributed by atoms with Crippen LogP contribution >= 0.6 is 0 Å². The second-order valence-electron chi connectivity index (χ2n) is 9.11. The number of fused-ring (bicyclic) bond motifs is 1. The molecule has 0 aliphatic heterocycles. The average molecular weight is 488 g/mol. The number of halogens is 1. The third kappa shape index (κ3) is 5.05.